The van der Waals surface area contributed by atoms with Crippen molar-refractivity contribution in [1.29, 1.82) is 0 Å². The lowest BCUT2D eigenvalue weighted by atomic mass is 9.59. The SMILES string of the molecule is CC(C)c1ccccc1[C@@H]1CCCN1C1CC2(CCN(c3ccc(C(N)=O)nc3)CC2)C1. The Kier molecular flexibility index (Phi) is 5.70. The molecule has 5 heteroatoms. The van der Waals surface area contributed by atoms with Crippen molar-refractivity contribution < 1.29 is 4.79 Å². The summed E-state index contributed by atoms with van der Waals surface area (Å²) >= 11 is 0. The monoisotopic (exact) mass is 432 g/mol. The van der Waals surface area contributed by atoms with Crippen LogP contribution in [0.25, 0.3) is 0 Å². The second-order valence-corrected chi connectivity index (χ2v) is 10.5. The number of aromatic nitrogens is 1. The van der Waals surface area contributed by atoms with Crippen molar-refractivity contribution in [3.63, 3.8) is 0 Å². The largest absolute Gasteiger partial charge is 0.370 e. The number of hydrogen-bond acceptors (Lipinski definition) is 4. The number of likely N-dealkylation sites (tertiary alicyclic amines) is 1. The Hall–Kier alpha value is -2.40. The maximum absolute atomic E-state index is 11.3. The minimum atomic E-state index is -0.467. The average Bonchev–Trinajstić information content (AvgIpc) is 3.27. The summed E-state index contributed by atoms with van der Waals surface area (Å²) in [7, 11) is 0. The van der Waals surface area contributed by atoms with Crippen molar-refractivity contribution in [2.45, 2.75) is 70.4 Å². The molecule has 32 heavy (non-hydrogen) atoms. The predicted molar refractivity (Wildman–Crippen MR) is 129 cm³/mol. The molecule has 0 radical (unpaired) electrons. The number of piperidine rings is 1. The third-order valence-corrected chi connectivity index (χ3v) is 8.27. The van der Waals surface area contributed by atoms with Crippen LogP contribution in [0.2, 0.25) is 0 Å². The van der Waals surface area contributed by atoms with Crippen LogP contribution in [0.1, 0.15) is 85.9 Å². The maximum Gasteiger partial charge on any atom is 0.267 e. The summed E-state index contributed by atoms with van der Waals surface area (Å²) in [6.45, 7) is 8.04. The second kappa shape index (κ2) is 8.51. The van der Waals surface area contributed by atoms with Gasteiger partial charge in [-0.15, -0.1) is 0 Å². The molecule has 2 aliphatic heterocycles. The molecule has 3 fully saturated rings. The normalized spacial score (nSPS) is 23.6. The fourth-order valence-corrected chi connectivity index (χ4v) is 6.44. The van der Waals surface area contributed by atoms with E-state index in [0.29, 0.717) is 23.1 Å². The van der Waals surface area contributed by atoms with Gasteiger partial charge in [0.05, 0.1) is 11.9 Å². The number of nitrogens with two attached hydrogens (primary N) is 1. The van der Waals surface area contributed by atoms with E-state index in [1.807, 2.05) is 6.07 Å². The van der Waals surface area contributed by atoms with E-state index in [0.717, 1.165) is 24.8 Å². The Morgan fingerprint density at radius 3 is 2.50 bits per heavy atom. The lowest BCUT2D eigenvalue weighted by molar-refractivity contribution is -0.0227. The summed E-state index contributed by atoms with van der Waals surface area (Å²) in [5, 5.41) is 0. The van der Waals surface area contributed by atoms with Gasteiger partial charge in [0.2, 0.25) is 0 Å². The molecule has 1 spiro atoms. The lowest BCUT2D eigenvalue weighted by Gasteiger charge is -2.56. The molecule has 1 atom stereocenters. The Balaban J connectivity index is 1.20. The minimum absolute atomic E-state index is 0.336. The first-order valence-corrected chi connectivity index (χ1v) is 12.3. The predicted octanol–water partition coefficient (Wildman–Crippen LogP) is 4.89. The molecular weight excluding hydrogens is 396 g/mol. The third-order valence-electron chi connectivity index (χ3n) is 8.27. The maximum atomic E-state index is 11.3. The van der Waals surface area contributed by atoms with E-state index in [2.05, 4.69) is 52.9 Å². The van der Waals surface area contributed by atoms with Crippen molar-refractivity contribution in [3.05, 3.63) is 59.4 Å². The Morgan fingerprint density at radius 2 is 1.84 bits per heavy atom. The summed E-state index contributed by atoms with van der Waals surface area (Å²) in [6, 6.07) is 14.2. The van der Waals surface area contributed by atoms with Crippen LogP contribution in [0.15, 0.2) is 42.6 Å². The van der Waals surface area contributed by atoms with Gasteiger partial charge in [-0.25, -0.2) is 4.98 Å². The fourth-order valence-electron chi connectivity index (χ4n) is 6.44. The van der Waals surface area contributed by atoms with Gasteiger partial charge >= 0.3 is 0 Å². The molecule has 2 saturated heterocycles. The van der Waals surface area contributed by atoms with Crippen LogP contribution in [-0.4, -0.2) is 41.5 Å². The number of carbonyl (C=O) groups excluding carboxylic acids is 1. The summed E-state index contributed by atoms with van der Waals surface area (Å²) < 4.78 is 0. The molecule has 1 amide bonds. The zero-order chi connectivity index (χ0) is 22.3. The molecular formula is C27H36N4O. The van der Waals surface area contributed by atoms with Crippen LogP contribution in [0, 0.1) is 5.41 Å². The van der Waals surface area contributed by atoms with Gasteiger partial charge in [0.1, 0.15) is 5.69 Å². The Morgan fingerprint density at radius 1 is 1.09 bits per heavy atom. The molecule has 3 aliphatic rings. The Bertz CT molecular complexity index is 954. The summed E-state index contributed by atoms with van der Waals surface area (Å²) in [4.78, 5) is 20.7. The van der Waals surface area contributed by atoms with Gasteiger partial charge in [0, 0.05) is 25.2 Å². The molecule has 1 aliphatic carbocycles. The van der Waals surface area contributed by atoms with E-state index in [9.17, 15) is 4.79 Å². The van der Waals surface area contributed by atoms with Crippen molar-refractivity contribution in [2.75, 3.05) is 24.5 Å². The van der Waals surface area contributed by atoms with E-state index in [4.69, 9.17) is 5.73 Å². The van der Waals surface area contributed by atoms with Crippen LogP contribution in [-0.2, 0) is 0 Å². The van der Waals surface area contributed by atoms with Crippen LogP contribution in [0.5, 0.6) is 0 Å². The Labute approximate surface area is 192 Å². The van der Waals surface area contributed by atoms with Gasteiger partial charge in [-0.05, 0) is 79.7 Å². The molecule has 5 rings (SSSR count). The van der Waals surface area contributed by atoms with Crippen molar-refractivity contribution in [2.24, 2.45) is 11.1 Å². The number of anilines is 1. The molecule has 1 saturated carbocycles. The number of rotatable bonds is 5. The number of benzene rings is 1. The molecule has 1 aromatic carbocycles. The zero-order valence-electron chi connectivity index (χ0n) is 19.5. The molecule has 170 valence electrons. The van der Waals surface area contributed by atoms with E-state index < -0.39 is 5.91 Å². The molecule has 1 aromatic heterocycles. The highest BCUT2D eigenvalue weighted by Gasteiger charge is 2.49. The number of hydrogen-bond donors (Lipinski definition) is 1. The second-order valence-electron chi connectivity index (χ2n) is 10.5. The number of pyridine rings is 1. The number of primary amides is 1. The van der Waals surface area contributed by atoms with E-state index in [-0.39, 0.29) is 0 Å². The average molecular weight is 433 g/mol. The number of amides is 1. The lowest BCUT2D eigenvalue weighted by Crippen LogP contribution is -2.55. The first-order valence-electron chi connectivity index (χ1n) is 12.3. The summed E-state index contributed by atoms with van der Waals surface area (Å²) in [5.41, 5.74) is 10.4. The van der Waals surface area contributed by atoms with Gasteiger partial charge in [-0.2, -0.15) is 0 Å². The van der Waals surface area contributed by atoms with Crippen LogP contribution in [0.3, 0.4) is 0 Å². The van der Waals surface area contributed by atoms with E-state index in [1.54, 1.807) is 17.8 Å². The topological polar surface area (TPSA) is 62.5 Å². The van der Waals surface area contributed by atoms with Crippen molar-refractivity contribution >= 4 is 11.6 Å². The van der Waals surface area contributed by atoms with Gasteiger partial charge in [-0.3, -0.25) is 9.69 Å². The van der Waals surface area contributed by atoms with Crippen LogP contribution < -0.4 is 10.6 Å². The standard InChI is InChI=1S/C27H36N4O/c1-19(2)22-6-3-4-7-23(22)25-8-5-13-31(25)21-16-27(17-21)11-14-30(15-12-27)20-9-10-24(26(28)32)29-18-20/h3-4,6-7,9-10,18-19,21,25H,5,8,11-17H2,1-2H3,(H2,28,32)/t25-/m0/s1. The molecule has 5 nitrogen and oxygen atoms in total. The highest BCUT2D eigenvalue weighted by molar-refractivity contribution is 5.90. The minimum Gasteiger partial charge on any atom is -0.370 e. The summed E-state index contributed by atoms with van der Waals surface area (Å²) in [5.74, 6) is 0.114. The van der Waals surface area contributed by atoms with Gasteiger partial charge in [0.25, 0.3) is 5.91 Å². The third kappa shape index (κ3) is 3.92. The molecule has 2 aromatic rings. The van der Waals surface area contributed by atoms with Gasteiger partial charge in [0.15, 0.2) is 0 Å². The van der Waals surface area contributed by atoms with E-state index >= 15 is 0 Å². The zero-order valence-corrected chi connectivity index (χ0v) is 19.5. The highest BCUT2D eigenvalue weighted by atomic mass is 16.1. The molecule has 2 N–H and O–H groups in total. The van der Waals surface area contributed by atoms with E-state index in [1.165, 1.54) is 50.6 Å². The summed E-state index contributed by atoms with van der Waals surface area (Å²) in [6.07, 6.45) is 9.62. The molecule has 0 unspecified atom stereocenters. The van der Waals surface area contributed by atoms with Crippen LogP contribution >= 0.6 is 0 Å². The van der Waals surface area contributed by atoms with Crippen molar-refractivity contribution in [3.8, 4) is 0 Å². The first-order chi connectivity index (χ1) is 15.5. The number of nitrogens with zero attached hydrogens (tertiary/aromatic N) is 3. The van der Waals surface area contributed by atoms with Gasteiger partial charge < -0.3 is 10.6 Å². The highest BCUT2D eigenvalue weighted by Crippen LogP contribution is 2.54. The quantitative estimate of drug-likeness (QED) is 0.731. The van der Waals surface area contributed by atoms with Gasteiger partial charge in [-0.1, -0.05) is 38.1 Å². The molecule has 3 heterocycles. The fraction of sp³-hybridized carbons (Fsp3) is 0.556. The number of carbonyl (C=O) groups is 1. The smallest absolute Gasteiger partial charge is 0.267 e. The van der Waals surface area contributed by atoms with Crippen LogP contribution in [0.4, 0.5) is 5.69 Å². The van der Waals surface area contributed by atoms with Crippen molar-refractivity contribution in [1.82, 2.24) is 9.88 Å². The first kappa shape index (κ1) is 21.4. The molecule has 0 bridgehead atoms.